The van der Waals surface area contributed by atoms with Gasteiger partial charge in [0.25, 0.3) is 0 Å². The molecule has 8 nitrogen and oxygen atoms in total. The molecule has 1 heterocycles. The molecule has 0 atom stereocenters. The fraction of sp³-hybridized carbons (Fsp3) is 0.0909. The number of nitrogens with one attached hydrogen (secondary N) is 1. The predicted octanol–water partition coefficient (Wildman–Crippen LogP) is 3.24. The molecule has 0 aliphatic heterocycles. The van der Waals surface area contributed by atoms with Gasteiger partial charge in [-0.1, -0.05) is 0 Å². The van der Waals surface area contributed by atoms with Crippen molar-refractivity contribution in [1.82, 2.24) is 9.97 Å². The van der Waals surface area contributed by atoms with E-state index in [9.17, 15) is 10.1 Å². The second-order valence-electron chi connectivity index (χ2n) is 3.81. The summed E-state index contributed by atoms with van der Waals surface area (Å²) in [6, 6.07) is 3.41. The Morgan fingerprint density at radius 2 is 2.10 bits per heavy atom. The first-order valence-electron chi connectivity index (χ1n) is 5.49. The number of hydrogen-bond acceptors (Lipinski definition) is 7. The third-order valence-electron chi connectivity index (χ3n) is 2.48. The van der Waals surface area contributed by atoms with Crippen molar-refractivity contribution in [3.63, 3.8) is 0 Å². The summed E-state index contributed by atoms with van der Waals surface area (Å²) in [5, 5.41) is 13.8. The molecule has 110 valence electrons. The number of halogens is 2. The minimum absolute atomic E-state index is 0.00224. The Bertz CT molecular complexity index is 710. The van der Waals surface area contributed by atoms with Crippen LogP contribution in [0.25, 0.3) is 0 Å². The lowest BCUT2D eigenvalue weighted by Gasteiger charge is -2.11. The number of nitro groups is 1. The molecule has 2 aromatic rings. The fourth-order valence-electron chi connectivity index (χ4n) is 1.52. The number of rotatable bonds is 4. The summed E-state index contributed by atoms with van der Waals surface area (Å²) < 4.78 is 6.58. The van der Waals surface area contributed by atoms with Crippen LogP contribution in [0, 0.1) is 10.1 Å². The van der Waals surface area contributed by atoms with Crippen molar-refractivity contribution in [3.05, 3.63) is 37.4 Å². The molecule has 0 spiro atoms. The lowest BCUT2D eigenvalue weighted by Crippen LogP contribution is -2.04. The molecule has 0 aliphatic rings. The number of ether oxygens (including phenoxy) is 1. The van der Waals surface area contributed by atoms with Crippen molar-refractivity contribution in [2.45, 2.75) is 0 Å². The van der Waals surface area contributed by atoms with Crippen LogP contribution >= 0.6 is 31.9 Å². The molecular weight excluding hydrogens is 410 g/mol. The van der Waals surface area contributed by atoms with Crippen molar-refractivity contribution >= 4 is 55.0 Å². The average Bonchev–Trinajstić information content (AvgIpc) is 2.41. The number of nitrogens with two attached hydrogens (primary N) is 1. The largest absolute Gasteiger partial charge is 0.495 e. The molecule has 2 rings (SSSR count). The van der Waals surface area contributed by atoms with E-state index in [2.05, 4.69) is 47.1 Å². The number of aromatic nitrogens is 2. The summed E-state index contributed by atoms with van der Waals surface area (Å²) in [6.45, 7) is 0. The van der Waals surface area contributed by atoms with Crippen LogP contribution in [0.15, 0.2) is 27.3 Å². The molecule has 1 aromatic carbocycles. The van der Waals surface area contributed by atoms with Gasteiger partial charge in [-0.3, -0.25) is 10.1 Å². The zero-order chi connectivity index (χ0) is 15.6. The van der Waals surface area contributed by atoms with Crippen molar-refractivity contribution in [1.29, 1.82) is 0 Å². The van der Waals surface area contributed by atoms with E-state index in [0.29, 0.717) is 15.9 Å². The first kappa shape index (κ1) is 15.4. The normalized spacial score (nSPS) is 10.2. The zero-order valence-electron chi connectivity index (χ0n) is 10.6. The number of benzene rings is 1. The van der Waals surface area contributed by atoms with Crippen LogP contribution in [0.2, 0.25) is 0 Å². The molecule has 1 aromatic heterocycles. The van der Waals surface area contributed by atoms with Gasteiger partial charge in [0.15, 0.2) is 0 Å². The maximum absolute atomic E-state index is 11.0. The molecule has 0 bridgehead atoms. The van der Waals surface area contributed by atoms with E-state index in [-0.39, 0.29) is 17.5 Å². The van der Waals surface area contributed by atoms with E-state index >= 15 is 0 Å². The van der Waals surface area contributed by atoms with E-state index in [4.69, 9.17) is 10.5 Å². The molecule has 0 amide bonds. The van der Waals surface area contributed by atoms with E-state index in [0.717, 1.165) is 10.7 Å². The van der Waals surface area contributed by atoms with Gasteiger partial charge in [0.2, 0.25) is 11.8 Å². The Balaban J connectivity index is 2.47. The third kappa shape index (κ3) is 3.39. The topological polar surface area (TPSA) is 116 Å². The van der Waals surface area contributed by atoms with Crippen LogP contribution in [-0.2, 0) is 0 Å². The van der Waals surface area contributed by atoms with E-state index in [1.165, 1.54) is 7.11 Å². The predicted molar refractivity (Wildman–Crippen MR) is 84.8 cm³/mol. The molecule has 0 radical (unpaired) electrons. The second kappa shape index (κ2) is 6.22. The number of nitrogens with zero attached hydrogens (tertiary/aromatic N) is 3. The summed E-state index contributed by atoms with van der Waals surface area (Å²) in [7, 11) is 1.52. The molecule has 0 saturated heterocycles. The van der Waals surface area contributed by atoms with Gasteiger partial charge in [0.05, 0.1) is 22.2 Å². The summed E-state index contributed by atoms with van der Waals surface area (Å²) >= 11 is 6.70. The Hall–Kier alpha value is -1.94. The molecule has 0 aliphatic carbocycles. The van der Waals surface area contributed by atoms with Crippen molar-refractivity contribution in [2.75, 3.05) is 18.2 Å². The Labute approximate surface area is 136 Å². The van der Waals surface area contributed by atoms with Crippen molar-refractivity contribution in [2.24, 2.45) is 0 Å². The van der Waals surface area contributed by atoms with Crippen molar-refractivity contribution in [3.8, 4) is 5.75 Å². The molecular formula is C11H9Br2N5O3. The lowest BCUT2D eigenvalue weighted by molar-refractivity contribution is -0.384. The highest BCUT2D eigenvalue weighted by Crippen LogP contribution is 2.37. The second-order valence-corrected chi connectivity index (χ2v) is 5.52. The SMILES string of the molecule is COc1cc(Nc2nc(N)ncc2[N+](=O)[O-])c(Br)cc1Br. The summed E-state index contributed by atoms with van der Waals surface area (Å²) in [6.07, 6.45) is 1.05. The highest BCUT2D eigenvalue weighted by Gasteiger charge is 2.18. The maximum atomic E-state index is 11.0. The number of nitrogen functional groups attached to an aromatic ring is 1. The van der Waals surface area contributed by atoms with Gasteiger partial charge in [-0.25, -0.2) is 4.98 Å². The molecule has 0 fully saturated rings. The number of hydrogen-bond donors (Lipinski definition) is 2. The van der Waals surface area contributed by atoms with E-state index in [1.54, 1.807) is 12.1 Å². The smallest absolute Gasteiger partial charge is 0.329 e. The summed E-state index contributed by atoms with van der Waals surface area (Å²) in [5.41, 5.74) is 5.73. The van der Waals surface area contributed by atoms with Crippen molar-refractivity contribution < 1.29 is 9.66 Å². The van der Waals surface area contributed by atoms with Crippen LogP contribution in [0.4, 0.5) is 23.1 Å². The zero-order valence-corrected chi connectivity index (χ0v) is 13.8. The van der Waals surface area contributed by atoms with Crippen LogP contribution in [0.5, 0.6) is 5.75 Å². The molecule has 21 heavy (non-hydrogen) atoms. The minimum atomic E-state index is -0.592. The maximum Gasteiger partial charge on any atom is 0.329 e. The number of methoxy groups -OCH3 is 1. The fourth-order valence-corrected chi connectivity index (χ4v) is 2.78. The molecule has 0 unspecified atom stereocenters. The Kier molecular flexibility index (Phi) is 4.58. The van der Waals surface area contributed by atoms with Crippen LogP contribution in [-0.4, -0.2) is 22.0 Å². The summed E-state index contributed by atoms with van der Waals surface area (Å²) in [5.74, 6) is 0.492. The van der Waals surface area contributed by atoms with Gasteiger partial charge in [0, 0.05) is 10.5 Å². The third-order valence-corrected chi connectivity index (χ3v) is 3.76. The van der Waals surface area contributed by atoms with Gasteiger partial charge < -0.3 is 15.8 Å². The lowest BCUT2D eigenvalue weighted by atomic mass is 10.3. The van der Waals surface area contributed by atoms with E-state index in [1.807, 2.05) is 0 Å². The van der Waals surface area contributed by atoms with Gasteiger partial charge >= 0.3 is 5.69 Å². The molecule has 3 N–H and O–H groups in total. The highest BCUT2D eigenvalue weighted by atomic mass is 79.9. The monoisotopic (exact) mass is 417 g/mol. The van der Waals surface area contributed by atoms with Crippen LogP contribution in [0.3, 0.4) is 0 Å². The number of anilines is 3. The molecule has 10 heteroatoms. The average molecular weight is 419 g/mol. The van der Waals surface area contributed by atoms with Gasteiger partial charge in [-0.15, -0.1) is 0 Å². The van der Waals surface area contributed by atoms with Crippen LogP contribution in [0.1, 0.15) is 0 Å². The molecule has 0 saturated carbocycles. The highest BCUT2D eigenvalue weighted by molar-refractivity contribution is 9.11. The first-order chi connectivity index (χ1) is 9.92. The van der Waals surface area contributed by atoms with Gasteiger partial charge in [-0.2, -0.15) is 4.98 Å². The van der Waals surface area contributed by atoms with Gasteiger partial charge in [-0.05, 0) is 37.9 Å². The standard InChI is InChI=1S/C11H9Br2N5O3/c1-21-9-3-7(5(12)2-6(9)13)16-10-8(18(19)20)4-15-11(14)17-10/h2-4H,1H3,(H3,14,15,16,17). The van der Waals surface area contributed by atoms with E-state index < -0.39 is 4.92 Å². The Morgan fingerprint density at radius 3 is 2.71 bits per heavy atom. The quantitative estimate of drug-likeness (QED) is 0.578. The first-order valence-corrected chi connectivity index (χ1v) is 7.08. The minimum Gasteiger partial charge on any atom is -0.495 e. The van der Waals surface area contributed by atoms with Crippen LogP contribution < -0.4 is 15.8 Å². The Morgan fingerprint density at radius 1 is 1.38 bits per heavy atom. The summed E-state index contributed by atoms with van der Waals surface area (Å²) in [4.78, 5) is 17.9. The van der Waals surface area contributed by atoms with Gasteiger partial charge in [0.1, 0.15) is 11.9 Å².